The standard InChI is InChI=1S/C11H15ClN2O4S/c1-18-11(15)14-19(16,17)13-10-6-2-4-9(8-10)5-3-7-12/h2,4,6,8,13H,3,5,7H2,1H3,(H,14,15). The second-order valence-electron chi connectivity index (χ2n) is 3.69. The molecule has 0 bridgehead atoms. The van der Waals surface area contributed by atoms with Gasteiger partial charge in [-0.15, -0.1) is 11.6 Å². The van der Waals surface area contributed by atoms with Crippen LogP contribution < -0.4 is 9.44 Å². The summed E-state index contributed by atoms with van der Waals surface area (Å²) in [6.45, 7) is 0. The quantitative estimate of drug-likeness (QED) is 0.786. The molecule has 1 rings (SSSR count). The molecule has 2 N–H and O–H groups in total. The van der Waals surface area contributed by atoms with Gasteiger partial charge in [-0.1, -0.05) is 12.1 Å². The van der Waals surface area contributed by atoms with E-state index in [9.17, 15) is 13.2 Å². The molecule has 0 aromatic heterocycles. The highest BCUT2D eigenvalue weighted by Crippen LogP contribution is 2.13. The van der Waals surface area contributed by atoms with Crippen LogP contribution in [-0.4, -0.2) is 27.5 Å². The predicted molar refractivity (Wildman–Crippen MR) is 73.6 cm³/mol. The zero-order valence-corrected chi connectivity index (χ0v) is 11.9. The van der Waals surface area contributed by atoms with Crippen LogP contribution in [0.15, 0.2) is 24.3 Å². The number of hydrogen-bond donors (Lipinski definition) is 2. The summed E-state index contributed by atoms with van der Waals surface area (Å²) < 4.78 is 31.2. The number of carbonyl (C=O) groups is 1. The molecule has 0 radical (unpaired) electrons. The van der Waals surface area contributed by atoms with Crippen molar-refractivity contribution in [1.29, 1.82) is 0 Å². The molecule has 106 valence electrons. The van der Waals surface area contributed by atoms with Crippen LogP contribution in [-0.2, 0) is 21.4 Å². The summed E-state index contributed by atoms with van der Waals surface area (Å²) in [6, 6.07) is 6.86. The first-order chi connectivity index (χ1) is 8.96. The van der Waals surface area contributed by atoms with E-state index in [0.29, 0.717) is 11.6 Å². The van der Waals surface area contributed by atoms with Crippen LogP contribution >= 0.6 is 11.6 Å². The van der Waals surface area contributed by atoms with Gasteiger partial charge in [0, 0.05) is 5.88 Å². The molecule has 0 heterocycles. The fraction of sp³-hybridized carbons (Fsp3) is 0.364. The number of rotatable bonds is 6. The zero-order chi connectivity index (χ0) is 14.3. The number of halogens is 1. The Kier molecular flexibility index (Phi) is 5.91. The van der Waals surface area contributed by atoms with Crippen LogP contribution in [0.3, 0.4) is 0 Å². The molecule has 0 saturated carbocycles. The summed E-state index contributed by atoms with van der Waals surface area (Å²) in [4.78, 5) is 10.9. The lowest BCUT2D eigenvalue weighted by Crippen LogP contribution is -2.35. The molecule has 0 aliphatic carbocycles. The molecule has 19 heavy (non-hydrogen) atoms. The monoisotopic (exact) mass is 306 g/mol. The Morgan fingerprint density at radius 1 is 1.42 bits per heavy atom. The van der Waals surface area contributed by atoms with E-state index in [0.717, 1.165) is 25.5 Å². The maximum absolute atomic E-state index is 11.6. The normalized spacial score (nSPS) is 10.8. The minimum Gasteiger partial charge on any atom is -0.452 e. The molecule has 1 aromatic rings. The molecule has 1 aromatic carbocycles. The van der Waals surface area contributed by atoms with Crippen LogP contribution in [0.1, 0.15) is 12.0 Å². The Morgan fingerprint density at radius 2 is 2.16 bits per heavy atom. The lowest BCUT2D eigenvalue weighted by atomic mass is 10.1. The molecule has 0 unspecified atom stereocenters. The van der Waals surface area contributed by atoms with E-state index in [-0.39, 0.29) is 0 Å². The lowest BCUT2D eigenvalue weighted by molar-refractivity contribution is 0.177. The smallest absolute Gasteiger partial charge is 0.422 e. The minimum atomic E-state index is -3.98. The molecule has 0 aliphatic rings. The van der Waals surface area contributed by atoms with Crippen LogP contribution in [0.4, 0.5) is 10.5 Å². The first-order valence-corrected chi connectivity index (χ1v) is 7.52. The molecule has 8 heteroatoms. The van der Waals surface area contributed by atoms with Gasteiger partial charge in [-0.3, -0.25) is 4.72 Å². The van der Waals surface area contributed by atoms with Crippen molar-refractivity contribution < 1.29 is 17.9 Å². The number of methoxy groups -OCH3 is 1. The van der Waals surface area contributed by atoms with Gasteiger partial charge in [-0.25, -0.2) is 9.52 Å². The molecular weight excluding hydrogens is 292 g/mol. The van der Waals surface area contributed by atoms with Crippen LogP contribution in [0.25, 0.3) is 0 Å². The third kappa shape index (κ3) is 5.80. The Hall–Kier alpha value is -1.47. The third-order valence-corrected chi connectivity index (χ3v) is 3.39. The number of ether oxygens (including phenoxy) is 1. The van der Waals surface area contributed by atoms with Gasteiger partial charge in [0.15, 0.2) is 0 Å². The van der Waals surface area contributed by atoms with Crippen molar-refractivity contribution in [1.82, 2.24) is 4.72 Å². The van der Waals surface area contributed by atoms with Gasteiger partial charge in [0.2, 0.25) is 0 Å². The van der Waals surface area contributed by atoms with E-state index in [4.69, 9.17) is 11.6 Å². The second kappa shape index (κ2) is 7.20. The molecule has 6 nitrogen and oxygen atoms in total. The van der Waals surface area contributed by atoms with Gasteiger partial charge in [-0.2, -0.15) is 8.42 Å². The third-order valence-electron chi connectivity index (χ3n) is 2.18. The van der Waals surface area contributed by atoms with E-state index in [1.165, 1.54) is 0 Å². The number of benzene rings is 1. The van der Waals surface area contributed by atoms with E-state index in [1.54, 1.807) is 22.9 Å². The van der Waals surface area contributed by atoms with E-state index in [2.05, 4.69) is 9.46 Å². The summed E-state index contributed by atoms with van der Waals surface area (Å²) in [7, 11) is -2.90. The zero-order valence-electron chi connectivity index (χ0n) is 10.3. The highest BCUT2D eigenvalue weighted by molar-refractivity contribution is 7.91. The molecule has 1 amide bonds. The number of aryl methyl sites for hydroxylation is 1. The average Bonchev–Trinajstić information content (AvgIpc) is 2.35. The van der Waals surface area contributed by atoms with Crippen molar-refractivity contribution in [3.05, 3.63) is 29.8 Å². The minimum absolute atomic E-state index is 0.364. The van der Waals surface area contributed by atoms with Gasteiger partial charge < -0.3 is 4.74 Å². The first kappa shape index (κ1) is 15.6. The predicted octanol–water partition coefficient (Wildman–Crippen LogP) is 1.87. The van der Waals surface area contributed by atoms with E-state index >= 15 is 0 Å². The average molecular weight is 307 g/mol. The largest absolute Gasteiger partial charge is 0.452 e. The molecule has 0 saturated heterocycles. The SMILES string of the molecule is COC(=O)NS(=O)(=O)Nc1cccc(CCCCl)c1. The van der Waals surface area contributed by atoms with Crippen molar-refractivity contribution in [2.75, 3.05) is 17.7 Å². The maximum Gasteiger partial charge on any atom is 0.422 e. The fourth-order valence-electron chi connectivity index (χ4n) is 1.39. The maximum atomic E-state index is 11.6. The van der Waals surface area contributed by atoms with E-state index < -0.39 is 16.3 Å². The number of alkyl halides is 1. The van der Waals surface area contributed by atoms with E-state index in [1.807, 2.05) is 6.07 Å². The summed E-state index contributed by atoms with van der Waals surface area (Å²) in [5.41, 5.74) is 1.32. The summed E-state index contributed by atoms with van der Waals surface area (Å²) in [5, 5.41) is 0. The van der Waals surface area contributed by atoms with Gasteiger partial charge in [0.25, 0.3) is 0 Å². The number of hydrogen-bond acceptors (Lipinski definition) is 4. The number of nitrogens with one attached hydrogen (secondary N) is 2. The summed E-state index contributed by atoms with van der Waals surface area (Å²) in [5.74, 6) is 0.542. The number of amides is 1. The van der Waals surface area contributed by atoms with Gasteiger partial charge in [0.05, 0.1) is 12.8 Å². The van der Waals surface area contributed by atoms with Crippen LogP contribution in [0.5, 0.6) is 0 Å². The number of anilines is 1. The summed E-state index contributed by atoms with van der Waals surface area (Å²) in [6.07, 6.45) is 0.507. The van der Waals surface area contributed by atoms with Gasteiger partial charge in [-0.05, 0) is 30.5 Å². The Labute approximate surface area is 117 Å². The highest BCUT2D eigenvalue weighted by Gasteiger charge is 2.14. The van der Waals surface area contributed by atoms with Crippen molar-refractivity contribution in [2.45, 2.75) is 12.8 Å². The molecule has 0 atom stereocenters. The second-order valence-corrected chi connectivity index (χ2v) is 5.49. The van der Waals surface area contributed by atoms with Crippen LogP contribution in [0, 0.1) is 0 Å². The topological polar surface area (TPSA) is 84.5 Å². The first-order valence-electron chi connectivity index (χ1n) is 5.50. The van der Waals surface area contributed by atoms with Crippen molar-refractivity contribution in [3.8, 4) is 0 Å². The van der Waals surface area contributed by atoms with Crippen molar-refractivity contribution in [2.24, 2.45) is 0 Å². The Morgan fingerprint density at radius 3 is 2.79 bits per heavy atom. The van der Waals surface area contributed by atoms with Crippen molar-refractivity contribution >= 4 is 33.6 Å². The van der Waals surface area contributed by atoms with Gasteiger partial charge >= 0.3 is 16.3 Å². The van der Waals surface area contributed by atoms with Gasteiger partial charge in [0.1, 0.15) is 0 Å². The van der Waals surface area contributed by atoms with Crippen LogP contribution in [0.2, 0.25) is 0 Å². The van der Waals surface area contributed by atoms with Crippen molar-refractivity contribution in [3.63, 3.8) is 0 Å². The molecule has 0 fully saturated rings. The molecular formula is C11H15ClN2O4S. The molecule has 0 spiro atoms. The number of carbonyl (C=O) groups excluding carboxylic acids is 1. The highest BCUT2D eigenvalue weighted by atomic mass is 35.5. The fourth-order valence-corrected chi connectivity index (χ4v) is 2.32. The molecule has 0 aliphatic heterocycles. The lowest BCUT2D eigenvalue weighted by Gasteiger charge is -2.09. The Balaban J connectivity index is 2.73. The summed E-state index contributed by atoms with van der Waals surface area (Å²) >= 11 is 5.60. The Bertz CT molecular complexity index is 533.